The molecule has 0 spiro atoms. The summed E-state index contributed by atoms with van der Waals surface area (Å²) in [7, 11) is -3.55. The number of hydrogen-bond donors (Lipinski definition) is 0. The highest BCUT2D eigenvalue weighted by Crippen LogP contribution is 2.41. The predicted octanol–water partition coefficient (Wildman–Crippen LogP) is 7.77. The number of benzene rings is 4. The molecule has 0 fully saturated rings. The van der Waals surface area contributed by atoms with Crippen molar-refractivity contribution in [1.82, 2.24) is 0 Å². The molecular weight excluding hydrogens is 440 g/mol. The van der Waals surface area contributed by atoms with Gasteiger partial charge in [0.25, 0.3) is 0 Å². The van der Waals surface area contributed by atoms with Gasteiger partial charge in [-0.1, -0.05) is 54.6 Å². The van der Waals surface area contributed by atoms with Gasteiger partial charge in [-0.15, -0.1) is 22.7 Å². The molecule has 2 heterocycles. The van der Waals surface area contributed by atoms with E-state index in [-0.39, 0.29) is 0 Å². The molecule has 0 N–H and O–H groups in total. The summed E-state index contributed by atoms with van der Waals surface area (Å²) in [6.45, 7) is 0. The van der Waals surface area contributed by atoms with Gasteiger partial charge in [0, 0.05) is 25.0 Å². The maximum Gasteiger partial charge on any atom is 0.206 e. The average Bonchev–Trinajstić information content (AvgIpc) is 3.47. The van der Waals surface area contributed by atoms with Crippen LogP contribution in [-0.2, 0) is 9.84 Å². The molecule has 0 saturated carbocycles. The molecule has 6 rings (SSSR count). The van der Waals surface area contributed by atoms with Crippen molar-refractivity contribution in [3.63, 3.8) is 0 Å². The van der Waals surface area contributed by atoms with Crippen molar-refractivity contribution < 1.29 is 8.42 Å². The van der Waals surface area contributed by atoms with Crippen molar-refractivity contribution in [2.24, 2.45) is 0 Å². The fourth-order valence-electron chi connectivity index (χ4n) is 4.03. The van der Waals surface area contributed by atoms with Gasteiger partial charge < -0.3 is 0 Å². The van der Waals surface area contributed by atoms with Crippen LogP contribution in [0.1, 0.15) is 0 Å². The Balaban J connectivity index is 1.51. The molecule has 0 bridgehead atoms. The predicted molar refractivity (Wildman–Crippen MR) is 132 cm³/mol. The smallest absolute Gasteiger partial charge is 0.206 e. The Morgan fingerprint density at radius 3 is 2.19 bits per heavy atom. The van der Waals surface area contributed by atoms with E-state index in [2.05, 4.69) is 41.8 Å². The Morgan fingerprint density at radius 1 is 0.613 bits per heavy atom. The van der Waals surface area contributed by atoms with Crippen molar-refractivity contribution in [1.29, 1.82) is 0 Å². The minimum absolute atomic E-state index is 0.314. The lowest BCUT2D eigenvalue weighted by molar-refractivity contribution is 0.596. The number of fused-ring (bicyclic) bond motifs is 5. The van der Waals surface area contributed by atoms with Crippen LogP contribution >= 0.6 is 22.7 Å². The Kier molecular flexibility index (Phi) is 4.25. The highest BCUT2D eigenvalue weighted by Gasteiger charge is 2.18. The fraction of sp³-hybridized carbons (Fsp3) is 0. The van der Waals surface area contributed by atoms with Gasteiger partial charge in [-0.25, -0.2) is 8.42 Å². The SMILES string of the molecule is O=S(=O)(c1ccccc1)c1cccc(-c2cc3ccc4c(ccc5ccsc54)c3s2)c1. The summed E-state index contributed by atoms with van der Waals surface area (Å²) in [5, 5.41) is 7.10. The second kappa shape index (κ2) is 7.02. The Labute approximate surface area is 187 Å². The van der Waals surface area contributed by atoms with E-state index in [1.807, 2.05) is 18.2 Å². The van der Waals surface area contributed by atoms with Gasteiger partial charge in [0.05, 0.1) is 9.79 Å². The Hall–Kier alpha value is -2.99. The average molecular weight is 457 g/mol. The number of hydrogen-bond acceptors (Lipinski definition) is 4. The molecule has 0 aliphatic carbocycles. The molecule has 0 unspecified atom stereocenters. The third-order valence-electron chi connectivity index (χ3n) is 5.58. The molecule has 0 radical (unpaired) electrons. The normalized spacial score (nSPS) is 12.1. The first-order valence-corrected chi connectivity index (χ1v) is 13.0. The zero-order valence-electron chi connectivity index (χ0n) is 16.3. The fourth-order valence-corrected chi connectivity index (χ4v) is 7.46. The lowest BCUT2D eigenvalue weighted by Crippen LogP contribution is -2.01. The molecule has 0 atom stereocenters. The van der Waals surface area contributed by atoms with E-state index in [0.29, 0.717) is 9.79 Å². The van der Waals surface area contributed by atoms with Crippen LogP contribution in [0.25, 0.3) is 41.4 Å². The summed E-state index contributed by atoms with van der Waals surface area (Å²) >= 11 is 3.49. The third kappa shape index (κ3) is 3.00. The largest absolute Gasteiger partial charge is 0.219 e. The van der Waals surface area contributed by atoms with E-state index in [1.54, 1.807) is 59.1 Å². The molecule has 2 nitrogen and oxygen atoms in total. The van der Waals surface area contributed by atoms with Crippen LogP contribution in [0.4, 0.5) is 0 Å². The van der Waals surface area contributed by atoms with Gasteiger partial charge in [-0.05, 0) is 58.1 Å². The number of rotatable bonds is 3. The number of thiophene rings is 2. The van der Waals surface area contributed by atoms with E-state index >= 15 is 0 Å². The van der Waals surface area contributed by atoms with E-state index in [9.17, 15) is 8.42 Å². The van der Waals surface area contributed by atoms with E-state index in [4.69, 9.17) is 0 Å². The quantitative estimate of drug-likeness (QED) is 0.273. The topological polar surface area (TPSA) is 34.1 Å². The molecule has 6 aromatic rings. The minimum atomic E-state index is -3.55. The van der Waals surface area contributed by atoms with Crippen molar-refractivity contribution in [2.75, 3.05) is 0 Å². The van der Waals surface area contributed by atoms with Crippen molar-refractivity contribution in [3.05, 3.63) is 96.4 Å². The van der Waals surface area contributed by atoms with Crippen molar-refractivity contribution in [2.45, 2.75) is 9.79 Å². The summed E-state index contributed by atoms with van der Waals surface area (Å²) in [4.78, 5) is 1.70. The number of sulfone groups is 1. The van der Waals surface area contributed by atoms with Gasteiger partial charge in [0.2, 0.25) is 9.84 Å². The molecule has 4 aromatic carbocycles. The third-order valence-corrected chi connectivity index (χ3v) is 9.54. The molecule has 0 amide bonds. The van der Waals surface area contributed by atoms with Crippen LogP contribution < -0.4 is 0 Å². The standard InChI is InChI=1S/C26H16O2S3/c27-31(28,20-6-2-1-3-7-20)21-8-4-5-18(15-21)24-16-19-10-12-22-23(26(19)30-24)11-9-17-13-14-29-25(17)22/h1-16H. The zero-order valence-corrected chi connectivity index (χ0v) is 18.7. The van der Waals surface area contributed by atoms with Crippen LogP contribution in [0.2, 0.25) is 0 Å². The van der Waals surface area contributed by atoms with Crippen LogP contribution in [-0.4, -0.2) is 8.42 Å². The van der Waals surface area contributed by atoms with E-state index in [0.717, 1.165) is 10.4 Å². The second-order valence-electron chi connectivity index (χ2n) is 7.44. The van der Waals surface area contributed by atoms with E-state index in [1.165, 1.54) is 30.9 Å². The van der Waals surface area contributed by atoms with E-state index < -0.39 is 9.84 Å². The minimum Gasteiger partial charge on any atom is -0.219 e. The Morgan fingerprint density at radius 2 is 1.35 bits per heavy atom. The summed E-state index contributed by atoms with van der Waals surface area (Å²) < 4.78 is 28.7. The first kappa shape index (κ1) is 18.8. The molecule has 0 saturated heterocycles. The molecule has 5 heteroatoms. The Bertz CT molecular complexity index is 1690. The summed E-state index contributed by atoms with van der Waals surface area (Å²) in [6, 6.07) is 28.9. The van der Waals surface area contributed by atoms with Gasteiger partial charge in [-0.2, -0.15) is 0 Å². The highest BCUT2D eigenvalue weighted by molar-refractivity contribution is 7.91. The lowest BCUT2D eigenvalue weighted by Gasteiger charge is -2.06. The zero-order chi connectivity index (χ0) is 21.0. The van der Waals surface area contributed by atoms with Crippen LogP contribution in [0.3, 0.4) is 0 Å². The van der Waals surface area contributed by atoms with Gasteiger partial charge >= 0.3 is 0 Å². The van der Waals surface area contributed by atoms with Crippen molar-refractivity contribution >= 4 is 63.5 Å². The highest BCUT2D eigenvalue weighted by atomic mass is 32.2. The monoisotopic (exact) mass is 456 g/mol. The molecule has 0 aliphatic rings. The maximum absolute atomic E-state index is 13.1. The van der Waals surface area contributed by atoms with Crippen LogP contribution in [0, 0.1) is 0 Å². The molecule has 31 heavy (non-hydrogen) atoms. The first-order chi connectivity index (χ1) is 15.1. The second-order valence-corrected chi connectivity index (χ2v) is 11.4. The summed E-state index contributed by atoms with van der Waals surface area (Å²) in [5.41, 5.74) is 0.920. The molecular formula is C26H16O2S3. The van der Waals surface area contributed by atoms with Crippen molar-refractivity contribution in [3.8, 4) is 10.4 Å². The maximum atomic E-state index is 13.1. The lowest BCUT2D eigenvalue weighted by atomic mass is 10.1. The van der Waals surface area contributed by atoms with Crippen LogP contribution in [0.15, 0.2) is 106 Å². The molecule has 150 valence electrons. The first-order valence-electron chi connectivity index (χ1n) is 9.84. The molecule has 0 aliphatic heterocycles. The van der Waals surface area contributed by atoms with Gasteiger partial charge in [0.15, 0.2) is 0 Å². The summed E-state index contributed by atoms with van der Waals surface area (Å²) in [6.07, 6.45) is 0. The molecule has 2 aromatic heterocycles. The van der Waals surface area contributed by atoms with Gasteiger partial charge in [0.1, 0.15) is 0 Å². The van der Waals surface area contributed by atoms with Crippen LogP contribution in [0.5, 0.6) is 0 Å². The van der Waals surface area contributed by atoms with Gasteiger partial charge in [-0.3, -0.25) is 0 Å². The summed E-state index contributed by atoms with van der Waals surface area (Å²) in [5.74, 6) is 0.